The van der Waals surface area contributed by atoms with Crippen LogP contribution in [-0.2, 0) is 4.74 Å². The molecule has 1 N–H and O–H groups in total. The Morgan fingerprint density at radius 3 is 2.32 bits per heavy atom. The number of hydrogen-bond acceptors (Lipinski definition) is 3. The monoisotopic (exact) mass is 265 g/mol. The van der Waals surface area contributed by atoms with Crippen LogP contribution in [0.3, 0.4) is 0 Å². The molecular formula is C16H27NO2. The van der Waals surface area contributed by atoms with Gasteiger partial charge in [0.1, 0.15) is 5.75 Å². The summed E-state index contributed by atoms with van der Waals surface area (Å²) in [4.78, 5) is 0. The van der Waals surface area contributed by atoms with Gasteiger partial charge in [0.2, 0.25) is 0 Å². The van der Waals surface area contributed by atoms with E-state index in [2.05, 4.69) is 38.2 Å². The Hall–Kier alpha value is -1.06. The van der Waals surface area contributed by atoms with Crippen LogP contribution in [0.5, 0.6) is 5.75 Å². The first kappa shape index (κ1) is 16.0. The molecule has 108 valence electrons. The first-order chi connectivity index (χ1) is 9.17. The van der Waals surface area contributed by atoms with Crippen molar-refractivity contribution in [2.75, 3.05) is 20.8 Å². The highest BCUT2D eigenvalue weighted by Gasteiger charge is 2.36. The standard InChI is InChI=1S/C16H27NO2/c1-6-16(7-2,19-5)15(17-8-3)13-10-9-11-14(12-13)18-4/h9-12,15,17H,6-8H2,1-5H3. The fourth-order valence-electron chi connectivity index (χ4n) is 2.70. The van der Waals surface area contributed by atoms with Crippen LogP contribution in [0, 0.1) is 0 Å². The summed E-state index contributed by atoms with van der Waals surface area (Å²) in [6.45, 7) is 7.39. The number of nitrogens with one attached hydrogen (secondary N) is 1. The fourth-order valence-corrected chi connectivity index (χ4v) is 2.70. The molecule has 0 aliphatic carbocycles. The van der Waals surface area contributed by atoms with E-state index in [0.717, 1.165) is 25.1 Å². The normalized spacial score (nSPS) is 13.3. The van der Waals surface area contributed by atoms with Crippen LogP contribution < -0.4 is 10.1 Å². The Bertz CT molecular complexity index is 367. The lowest BCUT2D eigenvalue weighted by Gasteiger charge is -2.39. The van der Waals surface area contributed by atoms with Crippen molar-refractivity contribution in [2.45, 2.75) is 45.3 Å². The Morgan fingerprint density at radius 1 is 1.16 bits per heavy atom. The van der Waals surface area contributed by atoms with Crippen LogP contribution in [0.15, 0.2) is 24.3 Å². The zero-order chi connectivity index (χ0) is 14.3. The van der Waals surface area contributed by atoms with E-state index in [4.69, 9.17) is 9.47 Å². The largest absolute Gasteiger partial charge is 0.497 e. The Balaban J connectivity index is 3.17. The molecular weight excluding hydrogens is 238 g/mol. The van der Waals surface area contributed by atoms with Gasteiger partial charge in [0.05, 0.1) is 18.8 Å². The second-order valence-electron chi connectivity index (χ2n) is 4.74. The molecule has 0 saturated carbocycles. The van der Waals surface area contributed by atoms with E-state index in [1.54, 1.807) is 14.2 Å². The Morgan fingerprint density at radius 2 is 1.84 bits per heavy atom. The maximum atomic E-state index is 5.88. The average Bonchev–Trinajstić information content (AvgIpc) is 2.48. The van der Waals surface area contributed by atoms with Gasteiger partial charge in [-0.25, -0.2) is 0 Å². The third-order valence-electron chi connectivity index (χ3n) is 3.96. The summed E-state index contributed by atoms with van der Waals surface area (Å²) in [7, 11) is 3.50. The first-order valence-corrected chi connectivity index (χ1v) is 7.09. The van der Waals surface area contributed by atoms with Crippen molar-refractivity contribution in [2.24, 2.45) is 0 Å². The molecule has 0 aromatic heterocycles. The molecule has 1 aromatic rings. The number of ether oxygens (including phenoxy) is 2. The highest BCUT2D eigenvalue weighted by molar-refractivity contribution is 5.32. The van der Waals surface area contributed by atoms with Crippen molar-refractivity contribution in [3.8, 4) is 5.75 Å². The molecule has 0 saturated heterocycles. The van der Waals surface area contributed by atoms with Gasteiger partial charge in [0.25, 0.3) is 0 Å². The Kier molecular flexibility index (Phi) is 6.32. The maximum absolute atomic E-state index is 5.88. The predicted octanol–water partition coefficient (Wildman–Crippen LogP) is 3.55. The van der Waals surface area contributed by atoms with E-state index in [1.807, 2.05) is 12.1 Å². The minimum absolute atomic E-state index is 0.174. The van der Waals surface area contributed by atoms with E-state index in [-0.39, 0.29) is 11.6 Å². The molecule has 0 aliphatic heterocycles. The smallest absolute Gasteiger partial charge is 0.119 e. The predicted molar refractivity (Wildman–Crippen MR) is 79.7 cm³/mol. The molecule has 1 rings (SSSR count). The molecule has 1 aromatic carbocycles. The molecule has 0 heterocycles. The molecule has 1 atom stereocenters. The van der Waals surface area contributed by atoms with Gasteiger partial charge in [-0.1, -0.05) is 32.9 Å². The van der Waals surface area contributed by atoms with Crippen LogP contribution in [0.1, 0.15) is 45.2 Å². The van der Waals surface area contributed by atoms with Gasteiger partial charge in [0, 0.05) is 7.11 Å². The maximum Gasteiger partial charge on any atom is 0.119 e. The molecule has 0 radical (unpaired) electrons. The van der Waals surface area contributed by atoms with E-state index in [1.165, 1.54) is 5.56 Å². The highest BCUT2D eigenvalue weighted by Crippen LogP contribution is 2.35. The molecule has 3 nitrogen and oxygen atoms in total. The molecule has 0 bridgehead atoms. The van der Waals surface area contributed by atoms with Gasteiger partial charge in [-0.05, 0) is 37.1 Å². The van der Waals surface area contributed by atoms with Gasteiger partial charge < -0.3 is 14.8 Å². The van der Waals surface area contributed by atoms with Crippen LogP contribution in [-0.4, -0.2) is 26.4 Å². The van der Waals surface area contributed by atoms with Gasteiger partial charge >= 0.3 is 0 Å². The lowest BCUT2D eigenvalue weighted by atomic mass is 9.83. The van der Waals surface area contributed by atoms with Crippen molar-refractivity contribution in [3.63, 3.8) is 0 Å². The van der Waals surface area contributed by atoms with Crippen molar-refractivity contribution < 1.29 is 9.47 Å². The average molecular weight is 265 g/mol. The summed E-state index contributed by atoms with van der Waals surface area (Å²) < 4.78 is 11.2. The van der Waals surface area contributed by atoms with Gasteiger partial charge in [0.15, 0.2) is 0 Å². The summed E-state index contributed by atoms with van der Waals surface area (Å²) >= 11 is 0. The van der Waals surface area contributed by atoms with E-state index in [0.29, 0.717) is 0 Å². The van der Waals surface area contributed by atoms with Crippen molar-refractivity contribution in [1.29, 1.82) is 0 Å². The quantitative estimate of drug-likeness (QED) is 0.779. The van der Waals surface area contributed by atoms with Gasteiger partial charge in [-0.3, -0.25) is 0 Å². The second kappa shape index (κ2) is 7.51. The number of hydrogen-bond donors (Lipinski definition) is 1. The van der Waals surface area contributed by atoms with Gasteiger partial charge in [-0.2, -0.15) is 0 Å². The summed E-state index contributed by atoms with van der Waals surface area (Å²) in [6, 6.07) is 8.40. The number of benzene rings is 1. The number of likely N-dealkylation sites (N-methyl/N-ethyl adjacent to an activating group) is 1. The van der Waals surface area contributed by atoms with E-state index < -0.39 is 0 Å². The van der Waals surface area contributed by atoms with Crippen molar-refractivity contribution in [1.82, 2.24) is 5.32 Å². The Labute approximate surface area is 117 Å². The lowest BCUT2D eigenvalue weighted by molar-refractivity contribution is -0.0482. The summed E-state index contributed by atoms with van der Waals surface area (Å²) in [5, 5.41) is 3.56. The van der Waals surface area contributed by atoms with Crippen molar-refractivity contribution >= 4 is 0 Å². The van der Waals surface area contributed by atoms with E-state index >= 15 is 0 Å². The number of methoxy groups -OCH3 is 2. The summed E-state index contributed by atoms with van der Waals surface area (Å²) in [5.41, 5.74) is 1.04. The first-order valence-electron chi connectivity index (χ1n) is 7.09. The summed E-state index contributed by atoms with van der Waals surface area (Å²) in [6.07, 6.45) is 1.93. The zero-order valence-electron chi connectivity index (χ0n) is 12.8. The molecule has 3 heteroatoms. The molecule has 0 aliphatic rings. The molecule has 0 amide bonds. The minimum Gasteiger partial charge on any atom is -0.497 e. The molecule has 0 fully saturated rings. The van der Waals surface area contributed by atoms with Crippen LogP contribution >= 0.6 is 0 Å². The molecule has 1 unspecified atom stereocenters. The minimum atomic E-state index is -0.178. The number of rotatable bonds is 8. The molecule has 19 heavy (non-hydrogen) atoms. The fraction of sp³-hybridized carbons (Fsp3) is 0.625. The summed E-state index contributed by atoms with van der Waals surface area (Å²) in [5.74, 6) is 0.887. The molecule has 0 spiro atoms. The van der Waals surface area contributed by atoms with Gasteiger partial charge in [-0.15, -0.1) is 0 Å². The van der Waals surface area contributed by atoms with E-state index in [9.17, 15) is 0 Å². The van der Waals surface area contributed by atoms with Crippen LogP contribution in [0.4, 0.5) is 0 Å². The van der Waals surface area contributed by atoms with Crippen LogP contribution in [0.25, 0.3) is 0 Å². The highest BCUT2D eigenvalue weighted by atomic mass is 16.5. The third-order valence-corrected chi connectivity index (χ3v) is 3.96. The third kappa shape index (κ3) is 3.48. The zero-order valence-corrected chi connectivity index (χ0v) is 12.8. The SMILES string of the molecule is CCNC(c1cccc(OC)c1)C(CC)(CC)OC. The topological polar surface area (TPSA) is 30.5 Å². The second-order valence-corrected chi connectivity index (χ2v) is 4.74. The lowest BCUT2D eigenvalue weighted by Crippen LogP contribution is -2.44. The van der Waals surface area contributed by atoms with Crippen LogP contribution in [0.2, 0.25) is 0 Å². The van der Waals surface area contributed by atoms with Crippen molar-refractivity contribution in [3.05, 3.63) is 29.8 Å².